The molecule has 1 amide bonds. The SMILES string of the molecule is COCCOc1ccc(C(F)(F)F)cc1NC(=O)C(C)n1nnc(-c2ccccc2)n1. The summed E-state index contributed by atoms with van der Waals surface area (Å²) in [5.74, 6) is -0.224. The highest BCUT2D eigenvalue weighted by molar-refractivity contribution is 5.94. The Labute approximate surface area is 176 Å². The number of nitrogens with one attached hydrogen (secondary N) is 1. The maximum atomic E-state index is 13.1. The topological polar surface area (TPSA) is 91.2 Å². The number of aromatic nitrogens is 4. The molecule has 3 aromatic rings. The lowest BCUT2D eigenvalue weighted by molar-refractivity contribution is -0.137. The average molecular weight is 435 g/mol. The molecule has 11 heteroatoms. The summed E-state index contributed by atoms with van der Waals surface area (Å²) in [6.45, 7) is 1.84. The molecule has 0 aliphatic rings. The second kappa shape index (κ2) is 9.56. The number of hydrogen-bond donors (Lipinski definition) is 1. The molecular formula is C20H20F3N5O3. The van der Waals surface area contributed by atoms with Crippen molar-refractivity contribution in [1.82, 2.24) is 20.2 Å². The number of amides is 1. The van der Waals surface area contributed by atoms with Gasteiger partial charge in [-0.3, -0.25) is 4.79 Å². The predicted octanol–water partition coefficient (Wildman–Crippen LogP) is 3.58. The number of halogens is 3. The summed E-state index contributed by atoms with van der Waals surface area (Å²) in [7, 11) is 1.47. The lowest BCUT2D eigenvalue weighted by atomic mass is 10.1. The summed E-state index contributed by atoms with van der Waals surface area (Å²) in [6, 6.07) is 11.0. The van der Waals surface area contributed by atoms with Crippen LogP contribution in [0.4, 0.5) is 18.9 Å². The van der Waals surface area contributed by atoms with Crippen molar-refractivity contribution in [2.75, 3.05) is 25.6 Å². The van der Waals surface area contributed by atoms with E-state index in [0.717, 1.165) is 23.0 Å². The molecule has 0 aliphatic heterocycles. The molecule has 3 rings (SSSR count). The minimum absolute atomic E-state index is 0.0853. The maximum Gasteiger partial charge on any atom is 0.416 e. The van der Waals surface area contributed by atoms with Crippen molar-refractivity contribution in [2.24, 2.45) is 0 Å². The standard InChI is InChI=1S/C20H20F3N5O3/c1-13(28-26-18(25-27-28)14-6-4-3-5-7-14)19(29)24-16-12-15(20(21,22)23)8-9-17(16)31-11-10-30-2/h3-9,12-13H,10-11H2,1-2H3,(H,24,29). The van der Waals surface area contributed by atoms with E-state index in [9.17, 15) is 18.0 Å². The first-order valence-corrected chi connectivity index (χ1v) is 9.28. The van der Waals surface area contributed by atoms with Gasteiger partial charge in [-0.2, -0.15) is 18.0 Å². The predicted molar refractivity (Wildman–Crippen MR) is 105 cm³/mol. The Balaban J connectivity index is 1.80. The summed E-state index contributed by atoms with van der Waals surface area (Å²) < 4.78 is 49.7. The Morgan fingerprint density at radius 2 is 1.90 bits per heavy atom. The van der Waals surface area contributed by atoms with Crippen molar-refractivity contribution in [3.05, 3.63) is 54.1 Å². The number of carbonyl (C=O) groups excluding carboxylic acids is 1. The Bertz CT molecular complexity index is 1020. The molecule has 1 heterocycles. The van der Waals surface area contributed by atoms with Crippen LogP contribution in [0.3, 0.4) is 0 Å². The Morgan fingerprint density at radius 3 is 2.58 bits per heavy atom. The average Bonchev–Trinajstić information content (AvgIpc) is 3.24. The van der Waals surface area contributed by atoms with Gasteiger partial charge in [-0.05, 0) is 30.3 Å². The molecule has 0 radical (unpaired) electrons. The van der Waals surface area contributed by atoms with Gasteiger partial charge in [0.25, 0.3) is 5.91 Å². The van der Waals surface area contributed by atoms with Gasteiger partial charge in [-0.1, -0.05) is 30.3 Å². The fourth-order valence-electron chi connectivity index (χ4n) is 2.60. The van der Waals surface area contributed by atoms with E-state index in [-0.39, 0.29) is 24.7 Å². The summed E-state index contributed by atoms with van der Waals surface area (Å²) in [5.41, 5.74) is -0.320. The summed E-state index contributed by atoms with van der Waals surface area (Å²) >= 11 is 0. The van der Waals surface area contributed by atoms with Gasteiger partial charge in [-0.15, -0.1) is 10.2 Å². The molecule has 2 aromatic carbocycles. The molecule has 164 valence electrons. The lowest BCUT2D eigenvalue weighted by Crippen LogP contribution is -2.26. The van der Waals surface area contributed by atoms with Crippen LogP contribution in [-0.2, 0) is 15.7 Å². The number of hydrogen-bond acceptors (Lipinski definition) is 6. The fourth-order valence-corrected chi connectivity index (χ4v) is 2.60. The first kappa shape index (κ1) is 22.2. The number of tetrazole rings is 1. The van der Waals surface area contributed by atoms with E-state index < -0.39 is 23.7 Å². The number of methoxy groups -OCH3 is 1. The first-order valence-electron chi connectivity index (χ1n) is 9.28. The number of carbonyl (C=O) groups is 1. The fraction of sp³-hybridized carbons (Fsp3) is 0.300. The largest absolute Gasteiger partial charge is 0.489 e. The quantitative estimate of drug-likeness (QED) is 0.544. The zero-order valence-corrected chi connectivity index (χ0v) is 16.8. The Kier molecular flexibility index (Phi) is 6.85. The number of rotatable bonds is 8. The number of anilines is 1. The Hall–Kier alpha value is -3.47. The molecule has 0 saturated carbocycles. The molecule has 0 fully saturated rings. The van der Waals surface area contributed by atoms with E-state index in [1.165, 1.54) is 14.0 Å². The van der Waals surface area contributed by atoms with Gasteiger partial charge in [0.15, 0.2) is 0 Å². The molecule has 1 atom stereocenters. The van der Waals surface area contributed by atoms with E-state index in [1.54, 1.807) is 12.1 Å². The van der Waals surface area contributed by atoms with Gasteiger partial charge in [0, 0.05) is 12.7 Å². The molecule has 1 N–H and O–H groups in total. The van der Waals surface area contributed by atoms with Crippen molar-refractivity contribution < 1.29 is 27.4 Å². The van der Waals surface area contributed by atoms with Crippen molar-refractivity contribution in [3.63, 3.8) is 0 Å². The molecule has 0 saturated heterocycles. The molecule has 31 heavy (non-hydrogen) atoms. The summed E-state index contributed by atoms with van der Waals surface area (Å²) in [4.78, 5) is 13.8. The van der Waals surface area contributed by atoms with E-state index in [2.05, 4.69) is 20.7 Å². The summed E-state index contributed by atoms with van der Waals surface area (Å²) in [5, 5.41) is 14.5. The monoisotopic (exact) mass is 435 g/mol. The molecule has 1 unspecified atom stereocenters. The van der Waals surface area contributed by atoms with Gasteiger partial charge < -0.3 is 14.8 Å². The van der Waals surface area contributed by atoms with Crippen molar-refractivity contribution in [3.8, 4) is 17.1 Å². The van der Waals surface area contributed by atoms with Gasteiger partial charge >= 0.3 is 6.18 Å². The molecule has 8 nitrogen and oxygen atoms in total. The number of alkyl halides is 3. The van der Waals surface area contributed by atoms with Crippen molar-refractivity contribution in [2.45, 2.75) is 19.1 Å². The third-order valence-electron chi connectivity index (χ3n) is 4.30. The second-order valence-corrected chi connectivity index (χ2v) is 6.51. The highest BCUT2D eigenvalue weighted by Gasteiger charge is 2.32. The highest BCUT2D eigenvalue weighted by atomic mass is 19.4. The van der Waals surface area contributed by atoms with Crippen LogP contribution in [0, 0.1) is 0 Å². The van der Waals surface area contributed by atoms with E-state index in [0.29, 0.717) is 11.4 Å². The van der Waals surface area contributed by atoms with E-state index in [1.807, 2.05) is 18.2 Å². The van der Waals surface area contributed by atoms with Crippen LogP contribution >= 0.6 is 0 Å². The van der Waals surface area contributed by atoms with Crippen molar-refractivity contribution in [1.29, 1.82) is 0 Å². The number of ether oxygens (including phenoxy) is 2. The molecule has 0 spiro atoms. The lowest BCUT2D eigenvalue weighted by Gasteiger charge is -2.17. The van der Waals surface area contributed by atoms with Crippen LogP contribution in [0.5, 0.6) is 5.75 Å². The second-order valence-electron chi connectivity index (χ2n) is 6.51. The minimum Gasteiger partial charge on any atom is -0.489 e. The maximum absolute atomic E-state index is 13.1. The third-order valence-corrected chi connectivity index (χ3v) is 4.30. The minimum atomic E-state index is -4.58. The summed E-state index contributed by atoms with van der Waals surface area (Å²) in [6.07, 6.45) is -4.58. The van der Waals surface area contributed by atoms with E-state index >= 15 is 0 Å². The highest BCUT2D eigenvalue weighted by Crippen LogP contribution is 2.35. The smallest absolute Gasteiger partial charge is 0.416 e. The van der Waals surface area contributed by atoms with Gasteiger partial charge in [-0.25, -0.2) is 0 Å². The number of nitrogens with zero attached hydrogens (tertiary/aromatic N) is 4. The third kappa shape index (κ3) is 5.57. The van der Waals surface area contributed by atoms with Crippen LogP contribution in [0.2, 0.25) is 0 Å². The zero-order chi connectivity index (χ0) is 22.4. The first-order chi connectivity index (χ1) is 14.8. The van der Waals surface area contributed by atoms with Crippen LogP contribution in [-0.4, -0.2) is 46.4 Å². The number of benzene rings is 2. The molecule has 1 aromatic heterocycles. The zero-order valence-electron chi connectivity index (χ0n) is 16.8. The van der Waals surface area contributed by atoms with E-state index in [4.69, 9.17) is 9.47 Å². The molecular weight excluding hydrogens is 415 g/mol. The van der Waals surface area contributed by atoms with Gasteiger partial charge in [0.05, 0.1) is 17.9 Å². The van der Waals surface area contributed by atoms with Crippen molar-refractivity contribution >= 4 is 11.6 Å². The van der Waals surface area contributed by atoms with Crippen LogP contribution in [0.25, 0.3) is 11.4 Å². The van der Waals surface area contributed by atoms with Crippen LogP contribution in [0.15, 0.2) is 48.5 Å². The molecule has 0 bridgehead atoms. The Morgan fingerprint density at radius 1 is 1.16 bits per heavy atom. The van der Waals surface area contributed by atoms with Gasteiger partial charge in [0.2, 0.25) is 5.82 Å². The molecule has 0 aliphatic carbocycles. The normalized spacial score (nSPS) is 12.4. The van der Waals surface area contributed by atoms with Crippen LogP contribution < -0.4 is 10.1 Å². The van der Waals surface area contributed by atoms with Gasteiger partial charge in [0.1, 0.15) is 18.4 Å². The van der Waals surface area contributed by atoms with Crippen LogP contribution in [0.1, 0.15) is 18.5 Å².